The summed E-state index contributed by atoms with van der Waals surface area (Å²) in [6, 6.07) is 2.97. The number of likely N-dealkylation sites (N-methyl/N-ethyl adjacent to an activating group) is 1. The highest BCUT2D eigenvalue weighted by molar-refractivity contribution is 6.07. The van der Waals surface area contributed by atoms with Gasteiger partial charge in [-0.2, -0.15) is 0 Å². The third-order valence-electron chi connectivity index (χ3n) is 3.07. The third-order valence-corrected chi connectivity index (χ3v) is 3.07. The maximum atomic E-state index is 11.8. The number of nitrogens with one attached hydrogen (secondary N) is 1. The van der Waals surface area contributed by atoms with Crippen molar-refractivity contribution in [2.75, 3.05) is 12.4 Å². The third kappa shape index (κ3) is 1.54. The van der Waals surface area contributed by atoms with Crippen LogP contribution in [0.25, 0.3) is 11.0 Å². The van der Waals surface area contributed by atoms with E-state index >= 15 is 0 Å². The van der Waals surface area contributed by atoms with Crippen molar-refractivity contribution in [3.63, 3.8) is 0 Å². The first-order valence-corrected chi connectivity index (χ1v) is 5.56. The minimum absolute atomic E-state index is 0.158. The number of amides is 2. The van der Waals surface area contributed by atoms with Gasteiger partial charge in [0, 0.05) is 13.2 Å². The number of rotatable bonds is 2. The predicted molar refractivity (Wildman–Crippen MR) is 63.8 cm³/mol. The number of hydrogen-bond acceptors (Lipinski definition) is 5. The molecule has 0 spiro atoms. The van der Waals surface area contributed by atoms with E-state index in [9.17, 15) is 9.59 Å². The van der Waals surface area contributed by atoms with Crippen LogP contribution in [0.15, 0.2) is 29.0 Å². The number of carbonyl (C=O) groups is 2. The topological polar surface area (TPSA) is 75.4 Å². The molecular weight excluding hydrogens is 234 g/mol. The first kappa shape index (κ1) is 10.8. The number of fused-ring (bicyclic) bond motifs is 1. The van der Waals surface area contributed by atoms with Crippen molar-refractivity contribution in [3.8, 4) is 0 Å². The fraction of sp³-hybridized carbons (Fsp3) is 0.250. The summed E-state index contributed by atoms with van der Waals surface area (Å²) < 4.78 is 5.25. The quantitative estimate of drug-likeness (QED) is 0.799. The highest BCUT2D eigenvalue weighted by Gasteiger charge is 2.36. The summed E-state index contributed by atoms with van der Waals surface area (Å²) in [6.45, 7) is 0. The second-order valence-corrected chi connectivity index (χ2v) is 4.18. The summed E-state index contributed by atoms with van der Waals surface area (Å²) in [6.07, 6.45) is 3.32. The van der Waals surface area contributed by atoms with E-state index in [0.717, 1.165) is 10.3 Å². The lowest BCUT2D eigenvalue weighted by Crippen LogP contribution is -2.32. The molecule has 6 nitrogen and oxygen atoms in total. The Morgan fingerprint density at radius 3 is 3.00 bits per heavy atom. The highest BCUT2D eigenvalue weighted by Crippen LogP contribution is 2.24. The first-order valence-electron chi connectivity index (χ1n) is 5.56. The van der Waals surface area contributed by atoms with Gasteiger partial charge in [0.1, 0.15) is 17.4 Å². The van der Waals surface area contributed by atoms with Crippen LogP contribution in [0.3, 0.4) is 0 Å². The van der Waals surface area contributed by atoms with Gasteiger partial charge in [0.15, 0.2) is 0 Å². The van der Waals surface area contributed by atoms with Crippen molar-refractivity contribution in [1.82, 2.24) is 9.88 Å². The van der Waals surface area contributed by atoms with Crippen molar-refractivity contribution in [2.24, 2.45) is 0 Å². The zero-order valence-electron chi connectivity index (χ0n) is 9.71. The molecule has 0 aliphatic carbocycles. The largest absolute Gasteiger partial charge is 0.464 e. The van der Waals surface area contributed by atoms with Crippen LogP contribution >= 0.6 is 0 Å². The van der Waals surface area contributed by atoms with E-state index in [1.54, 1.807) is 24.6 Å². The Bertz CT molecular complexity index is 634. The molecule has 1 unspecified atom stereocenters. The number of imide groups is 1. The normalized spacial score (nSPS) is 19.8. The van der Waals surface area contributed by atoms with Gasteiger partial charge in [0.05, 0.1) is 18.1 Å². The molecule has 1 atom stereocenters. The van der Waals surface area contributed by atoms with Crippen LogP contribution < -0.4 is 5.32 Å². The molecule has 0 saturated carbocycles. The lowest BCUT2D eigenvalue weighted by atomic mass is 10.2. The summed E-state index contributed by atoms with van der Waals surface area (Å²) in [5, 5.41) is 3.80. The van der Waals surface area contributed by atoms with Gasteiger partial charge in [-0.1, -0.05) is 0 Å². The molecular formula is C12H11N3O3. The van der Waals surface area contributed by atoms with Crippen LogP contribution in [0.1, 0.15) is 6.42 Å². The Labute approximate surface area is 103 Å². The summed E-state index contributed by atoms with van der Waals surface area (Å²) >= 11 is 0. The fourth-order valence-corrected chi connectivity index (χ4v) is 2.04. The first-order chi connectivity index (χ1) is 8.66. The SMILES string of the molecule is CN1C(=O)CC(Nc2nccc3occc23)C1=O. The fourth-order valence-electron chi connectivity index (χ4n) is 2.04. The number of aromatic nitrogens is 1. The smallest absolute Gasteiger partial charge is 0.251 e. The van der Waals surface area contributed by atoms with Crippen molar-refractivity contribution >= 4 is 28.6 Å². The Kier molecular flexibility index (Phi) is 2.29. The second kappa shape index (κ2) is 3.83. The molecule has 1 fully saturated rings. The molecule has 18 heavy (non-hydrogen) atoms. The van der Waals surface area contributed by atoms with Crippen LogP contribution in [0.2, 0.25) is 0 Å². The standard InChI is InChI=1S/C12H11N3O3/c1-15-10(16)6-8(12(15)17)14-11-7-3-5-18-9(7)2-4-13-11/h2-5,8H,6H2,1H3,(H,13,14). The van der Waals surface area contributed by atoms with E-state index in [1.165, 1.54) is 7.05 Å². The van der Waals surface area contributed by atoms with Gasteiger partial charge in [0.25, 0.3) is 5.91 Å². The zero-order chi connectivity index (χ0) is 12.7. The molecule has 3 rings (SSSR count). The number of pyridine rings is 1. The minimum Gasteiger partial charge on any atom is -0.464 e. The molecule has 1 N–H and O–H groups in total. The number of carbonyl (C=O) groups excluding carboxylic acids is 2. The molecule has 3 heterocycles. The van der Waals surface area contributed by atoms with Crippen LogP contribution in [0.4, 0.5) is 5.82 Å². The van der Waals surface area contributed by atoms with Gasteiger partial charge in [-0.05, 0) is 12.1 Å². The van der Waals surface area contributed by atoms with Gasteiger partial charge >= 0.3 is 0 Å². The van der Waals surface area contributed by atoms with E-state index in [1.807, 2.05) is 0 Å². The van der Waals surface area contributed by atoms with Crippen molar-refractivity contribution in [2.45, 2.75) is 12.5 Å². The molecule has 92 valence electrons. The Morgan fingerprint density at radius 2 is 2.28 bits per heavy atom. The van der Waals surface area contributed by atoms with Gasteiger partial charge in [-0.25, -0.2) is 4.98 Å². The predicted octanol–water partition coefficient (Wildman–Crippen LogP) is 0.997. The minimum atomic E-state index is -0.546. The van der Waals surface area contributed by atoms with Crippen molar-refractivity contribution in [3.05, 3.63) is 24.6 Å². The van der Waals surface area contributed by atoms with Crippen molar-refractivity contribution in [1.29, 1.82) is 0 Å². The number of furan rings is 1. The Morgan fingerprint density at radius 1 is 1.44 bits per heavy atom. The molecule has 2 aromatic heterocycles. The van der Waals surface area contributed by atoms with Crippen molar-refractivity contribution < 1.29 is 14.0 Å². The van der Waals surface area contributed by atoms with E-state index < -0.39 is 6.04 Å². The molecule has 1 aliphatic rings. The highest BCUT2D eigenvalue weighted by atomic mass is 16.3. The average Bonchev–Trinajstić information content (AvgIpc) is 2.92. The van der Waals surface area contributed by atoms with E-state index in [0.29, 0.717) is 11.4 Å². The molecule has 2 amide bonds. The van der Waals surface area contributed by atoms with Gasteiger partial charge in [0.2, 0.25) is 5.91 Å². The zero-order valence-corrected chi connectivity index (χ0v) is 9.71. The number of hydrogen-bond donors (Lipinski definition) is 1. The molecule has 0 aromatic carbocycles. The maximum Gasteiger partial charge on any atom is 0.251 e. The van der Waals surface area contributed by atoms with Crippen LogP contribution in [-0.4, -0.2) is 34.8 Å². The van der Waals surface area contributed by atoms with Gasteiger partial charge < -0.3 is 9.73 Å². The molecule has 2 aromatic rings. The maximum absolute atomic E-state index is 11.8. The average molecular weight is 245 g/mol. The van der Waals surface area contributed by atoms with E-state index in [-0.39, 0.29) is 18.2 Å². The monoisotopic (exact) mass is 245 g/mol. The number of likely N-dealkylation sites (tertiary alicyclic amines) is 1. The molecule has 0 bridgehead atoms. The van der Waals surface area contributed by atoms with Gasteiger partial charge in [-0.15, -0.1) is 0 Å². The van der Waals surface area contributed by atoms with Crippen LogP contribution in [0, 0.1) is 0 Å². The Hall–Kier alpha value is -2.37. The summed E-state index contributed by atoms with van der Waals surface area (Å²) in [5.41, 5.74) is 0.692. The molecule has 6 heteroatoms. The van der Waals surface area contributed by atoms with Crippen LogP contribution in [-0.2, 0) is 9.59 Å². The number of anilines is 1. The lowest BCUT2D eigenvalue weighted by Gasteiger charge is -2.11. The lowest BCUT2D eigenvalue weighted by molar-refractivity contribution is -0.136. The van der Waals surface area contributed by atoms with Gasteiger partial charge in [-0.3, -0.25) is 14.5 Å². The summed E-state index contributed by atoms with van der Waals surface area (Å²) in [5.74, 6) is 0.141. The summed E-state index contributed by atoms with van der Waals surface area (Å²) in [7, 11) is 1.48. The van der Waals surface area contributed by atoms with E-state index in [2.05, 4.69) is 10.3 Å². The number of nitrogens with zero attached hydrogens (tertiary/aromatic N) is 2. The molecule has 0 radical (unpaired) electrons. The van der Waals surface area contributed by atoms with Crippen LogP contribution in [0.5, 0.6) is 0 Å². The second-order valence-electron chi connectivity index (χ2n) is 4.18. The van der Waals surface area contributed by atoms with E-state index in [4.69, 9.17) is 4.42 Å². The molecule has 1 aliphatic heterocycles. The molecule has 1 saturated heterocycles. The summed E-state index contributed by atoms with van der Waals surface area (Å²) in [4.78, 5) is 28.5. The Balaban J connectivity index is 1.91.